The standard InChI is InChI=1S/C11H18N2O2S2/c1-12-6-10-5-11(16-8-10)17(14,15)13-7-9-3-2-4-9/h5,8-9,12-13H,2-4,6-7H2,1H3. The van der Waals surface area contributed by atoms with Crippen molar-refractivity contribution in [3.05, 3.63) is 17.0 Å². The van der Waals surface area contributed by atoms with Crippen molar-refractivity contribution in [2.24, 2.45) is 5.92 Å². The maximum Gasteiger partial charge on any atom is 0.250 e. The van der Waals surface area contributed by atoms with Crippen LogP contribution in [0.1, 0.15) is 24.8 Å². The highest BCUT2D eigenvalue weighted by Gasteiger charge is 2.22. The topological polar surface area (TPSA) is 58.2 Å². The Morgan fingerprint density at radius 3 is 2.82 bits per heavy atom. The van der Waals surface area contributed by atoms with E-state index in [9.17, 15) is 8.42 Å². The minimum atomic E-state index is -3.29. The molecule has 6 heteroatoms. The number of nitrogens with one attached hydrogen (secondary N) is 2. The quantitative estimate of drug-likeness (QED) is 0.827. The molecule has 1 aliphatic rings. The molecule has 0 spiro atoms. The zero-order chi connectivity index (χ0) is 12.3. The summed E-state index contributed by atoms with van der Waals surface area (Å²) in [7, 11) is -1.44. The summed E-state index contributed by atoms with van der Waals surface area (Å²) >= 11 is 1.28. The van der Waals surface area contributed by atoms with Crippen molar-refractivity contribution in [1.29, 1.82) is 0 Å². The number of rotatable bonds is 6. The van der Waals surface area contributed by atoms with Crippen molar-refractivity contribution in [2.45, 2.75) is 30.0 Å². The van der Waals surface area contributed by atoms with Crippen LogP contribution >= 0.6 is 11.3 Å². The van der Waals surface area contributed by atoms with E-state index in [2.05, 4.69) is 10.0 Å². The van der Waals surface area contributed by atoms with Crippen LogP contribution < -0.4 is 10.0 Å². The van der Waals surface area contributed by atoms with E-state index in [0.717, 1.165) is 18.4 Å². The van der Waals surface area contributed by atoms with Crippen LogP contribution in [0.25, 0.3) is 0 Å². The molecule has 0 aliphatic heterocycles. The normalized spacial score (nSPS) is 17.0. The second-order valence-corrected chi connectivity index (χ2v) is 7.36. The van der Waals surface area contributed by atoms with E-state index in [4.69, 9.17) is 0 Å². The molecule has 2 rings (SSSR count). The molecule has 96 valence electrons. The molecule has 1 aromatic heterocycles. The maximum absolute atomic E-state index is 12.0. The van der Waals surface area contributed by atoms with Crippen molar-refractivity contribution >= 4 is 21.4 Å². The van der Waals surface area contributed by atoms with Crippen LogP contribution in [0.4, 0.5) is 0 Å². The molecule has 17 heavy (non-hydrogen) atoms. The van der Waals surface area contributed by atoms with Gasteiger partial charge in [-0.15, -0.1) is 11.3 Å². The Kier molecular flexibility index (Phi) is 4.19. The Morgan fingerprint density at radius 2 is 2.24 bits per heavy atom. The van der Waals surface area contributed by atoms with E-state index < -0.39 is 10.0 Å². The highest BCUT2D eigenvalue weighted by atomic mass is 32.2. The van der Waals surface area contributed by atoms with Gasteiger partial charge in [0.2, 0.25) is 10.0 Å². The summed E-state index contributed by atoms with van der Waals surface area (Å²) in [6.07, 6.45) is 3.54. The molecule has 0 saturated heterocycles. The lowest BCUT2D eigenvalue weighted by atomic mass is 9.86. The van der Waals surface area contributed by atoms with Gasteiger partial charge in [0.1, 0.15) is 4.21 Å². The van der Waals surface area contributed by atoms with Crippen LogP contribution in [0, 0.1) is 5.92 Å². The molecule has 1 aromatic rings. The number of hydrogen-bond donors (Lipinski definition) is 2. The molecule has 0 aromatic carbocycles. The highest BCUT2D eigenvalue weighted by Crippen LogP contribution is 2.26. The lowest BCUT2D eigenvalue weighted by Crippen LogP contribution is -2.31. The van der Waals surface area contributed by atoms with E-state index in [1.54, 1.807) is 6.07 Å². The van der Waals surface area contributed by atoms with Crippen LogP contribution in [-0.2, 0) is 16.6 Å². The molecule has 1 heterocycles. The molecule has 4 nitrogen and oxygen atoms in total. The monoisotopic (exact) mass is 274 g/mol. The fourth-order valence-corrected chi connectivity index (χ4v) is 4.16. The minimum absolute atomic E-state index is 0.419. The summed E-state index contributed by atoms with van der Waals surface area (Å²) in [4.78, 5) is 0. The van der Waals surface area contributed by atoms with Crippen molar-refractivity contribution in [2.75, 3.05) is 13.6 Å². The van der Waals surface area contributed by atoms with Gasteiger partial charge in [-0.05, 0) is 42.8 Å². The molecule has 0 bridgehead atoms. The number of sulfonamides is 1. The average molecular weight is 274 g/mol. The molecule has 0 atom stereocenters. The molecule has 0 radical (unpaired) electrons. The average Bonchev–Trinajstić information content (AvgIpc) is 2.65. The summed E-state index contributed by atoms with van der Waals surface area (Å²) < 4.78 is 27.1. The predicted molar refractivity (Wildman–Crippen MR) is 69.6 cm³/mol. The molecule has 1 fully saturated rings. The second kappa shape index (κ2) is 5.48. The Hall–Kier alpha value is -0.430. The molecule has 1 saturated carbocycles. The molecular weight excluding hydrogens is 256 g/mol. The van der Waals surface area contributed by atoms with Gasteiger partial charge < -0.3 is 5.32 Å². The predicted octanol–water partition coefficient (Wildman–Crippen LogP) is 1.55. The smallest absolute Gasteiger partial charge is 0.250 e. The summed E-state index contributed by atoms with van der Waals surface area (Å²) in [6.45, 7) is 1.29. The Morgan fingerprint density at radius 1 is 1.47 bits per heavy atom. The van der Waals surface area contributed by atoms with Gasteiger partial charge in [0, 0.05) is 13.1 Å². The fraction of sp³-hybridized carbons (Fsp3) is 0.636. The van der Waals surface area contributed by atoms with Crippen LogP contribution in [0.3, 0.4) is 0 Å². The Labute approximate surface area is 106 Å². The Bertz CT molecular complexity index is 464. The van der Waals surface area contributed by atoms with Crippen molar-refractivity contribution < 1.29 is 8.42 Å². The van der Waals surface area contributed by atoms with Crippen LogP contribution in [0.15, 0.2) is 15.7 Å². The lowest BCUT2D eigenvalue weighted by Gasteiger charge is -2.25. The van der Waals surface area contributed by atoms with Gasteiger partial charge in [-0.25, -0.2) is 13.1 Å². The minimum Gasteiger partial charge on any atom is -0.316 e. The molecular formula is C11H18N2O2S2. The summed E-state index contributed by atoms with van der Waals surface area (Å²) in [5.74, 6) is 0.543. The fourth-order valence-electron chi connectivity index (χ4n) is 1.79. The first-order valence-corrected chi connectivity index (χ1v) is 8.20. The molecule has 0 unspecified atom stereocenters. The maximum atomic E-state index is 12.0. The van der Waals surface area contributed by atoms with E-state index in [1.807, 2.05) is 12.4 Å². The second-order valence-electron chi connectivity index (χ2n) is 4.45. The van der Waals surface area contributed by atoms with Crippen LogP contribution in [0.2, 0.25) is 0 Å². The van der Waals surface area contributed by atoms with Gasteiger partial charge in [0.15, 0.2) is 0 Å². The largest absolute Gasteiger partial charge is 0.316 e. The van der Waals surface area contributed by atoms with Gasteiger partial charge in [0.05, 0.1) is 0 Å². The molecule has 1 aliphatic carbocycles. The van der Waals surface area contributed by atoms with Gasteiger partial charge in [-0.2, -0.15) is 0 Å². The summed E-state index contributed by atoms with van der Waals surface area (Å²) in [5.41, 5.74) is 1.02. The third-order valence-corrected chi connectivity index (χ3v) is 5.97. The van der Waals surface area contributed by atoms with E-state index >= 15 is 0 Å². The van der Waals surface area contributed by atoms with Crippen LogP contribution in [-0.4, -0.2) is 22.0 Å². The van der Waals surface area contributed by atoms with Crippen molar-refractivity contribution in [3.63, 3.8) is 0 Å². The lowest BCUT2D eigenvalue weighted by molar-refractivity contribution is 0.316. The first-order valence-electron chi connectivity index (χ1n) is 5.83. The third-order valence-electron chi connectivity index (χ3n) is 3.06. The summed E-state index contributed by atoms with van der Waals surface area (Å²) in [6, 6.07) is 1.74. The van der Waals surface area contributed by atoms with E-state index in [1.165, 1.54) is 17.8 Å². The van der Waals surface area contributed by atoms with Gasteiger partial charge in [-0.1, -0.05) is 6.42 Å². The zero-order valence-electron chi connectivity index (χ0n) is 9.90. The number of hydrogen-bond acceptors (Lipinski definition) is 4. The van der Waals surface area contributed by atoms with E-state index in [-0.39, 0.29) is 0 Å². The van der Waals surface area contributed by atoms with Crippen LogP contribution in [0.5, 0.6) is 0 Å². The first-order chi connectivity index (χ1) is 8.12. The van der Waals surface area contributed by atoms with Crippen molar-refractivity contribution in [3.8, 4) is 0 Å². The number of thiophene rings is 1. The highest BCUT2D eigenvalue weighted by molar-refractivity contribution is 7.91. The molecule has 2 N–H and O–H groups in total. The summed E-state index contributed by atoms with van der Waals surface area (Å²) in [5, 5.41) is 4.89. The molecule has 0 amide bonds. The Balaban J connectivity index is 1.97. The third kappa shape index (κ3) is 3.28. The van der Waals surface area contributed by atoms with Gasteiger partial charge in [-0.3, -0.25) is 0 Å². The van der Waals surface area contributed by atoms with Gasteiger partial charge >= 0.3 is 0 Å². The SMILES string of the molecule is CNCc1csc(S(=O)(=O)NCC2CCC2)c1. The van der Waals surface area contributed by atoms with E-state index in [0.29, 0.717) is 23.2 Å². The van der Waals surface area contributed by atoms with Gasteiger partial charge in [0.25, 0.3) is 0 Å². The van der Waals surface area contributed by atoms with Crippen molar-refractivity contribution in [1.82, 2.24) is 10.0 Å². The first kappa shape index (κ1) is 13.0. The zero-order valence-corrected chi connectivity index (χ0v) is 11.5.